The molecule has 0 bridgehead atoms. The second kappa shape index (κ2) is 7.81. The summed E-state index contributed by atoms with van der Waals surface area (Å²) in [6.07, 6.45) is 2.38. The van der Waals surface area contributed by atoms with Gasteiger partial charge in [0.25, 0.3) is 0 Å². The Morgan fingerprint density at radius 2 is 1.29 bits per heavy atom. The molecule has 28 heavy (non-hydrogen) atoms. The Hall–Kier alpha value is -1.96. The molecule has 2 aromatic rings. The molecule has 0 spiro atoms. The molecular formula is C26H38O2. The van der Waals surface area contributed by atoms with Gasteiger partial charge in [0.2, 0.25) is 0 Å². The zero-order valence-electron chi connectivity index (χ0n) is 19.2. The Bertz CT molecular complexity index is 862. The van der Waals surface area contributed by atoms with Gasteiger partial charge in [0.1, 0.15) is 11.5 Å². The quantitative estimate of drug-likeness (QED) is 0.616. The predicted molar refractivity (Wildman–Crippen MR) is 120 cm³/mol. The Morgan fingerprint density at radius 3 is 1.75 bits per heavy atom. The molecule has 2 aromatic carbocycles. The van der Waals surface area contributed by atoms with E-state index in [-0.39, 0.29) is 10.8 Å². The summed E-state index contributed by atoms with van der Waals surface area (Å²) in [5.41, 5.74) is 7.17. The predicted octanol–water partition coefficient (Wildman–Crippen LogP) is 6.72. The first-order valence-corrected chi connectivity index (χ1v) is 10.5. The fraction of sp³-hybridized carbons (Fsp3) is 0.538. The molecular weight excluding hydrogens is 344 g/mol. The van der Waals surface area contributed by atoms with E-state index in [0.29, 0.717) is 17.9 Å². The molecule has 2 N–H and O–H groups in total. The molecule has 0 fully saturated rings. The van der Waals surface area contributed by atoms with E-state index in [1.54, 1.807) is 0 Å². The van der Waals surface area contributed by atoms with Crippen LogP contribution in [0, 0.1) is 6.92 Å². The van der Waals surface area contributed by atoms with E-state index >= 15 is 0 Å². The van der Waals surface area contributed by atoms with Crippen LogP contribution in [0.2, 0.25) is 0 Å². The van der Waals surface area contributed by atoms with Crippen LogP contribution in [0.15, 0.2) is 18.2 Å². The van der Waals surface area contributed by atoms with Crippen molar-refractivity contribution in [2.24, 2.45) is 0 Å². The van der Waals surface area contributed by atoms with Crippen LogP contribution in [0.4, 0.5) is 0 Å². The molecule has 0 aliphatic heterocycles. The molecule has 2 heteroatoms. The van der Waals surface area contributed by atoms with E-state index in [9.17, 15) is 10.2 Å². The maximum atomic E-state index is 11.2. The summed E-state index contributed by atoms with van der Waals surface area (Å²) in [6.45, 7) is 19.2. The van der Waals surface area contributed by atoms with Crippen molar-refractivity contribution >= 4 is 0 Å². The second-order valence-corrected chi connectivity index (χ2v) is 10.1. The van der Waals surface area contributed by atoms with Crippen molar-refractivity contribution in [2.45, 2.75) is 92.4 Å². The van der Waals surface area contributed by atoms with E-state index in [4.69, 9.17) is 0 Å². The van der Waals surface area contributed by atoms with Crippen molar-refractivity contribution in [1.82, 2.24) is 0 Å². The van der Waals surface area contributed by atoms with Crippen LogP contribution in [0.25, 0.3) is 0 Å². The summed E-state index contributed by atoms with van der Waals surface area (Å²) in [5, 5.41) is 22.2. The molecule has 0 amide bonds. The van der Waals surface area contributed by atoms with E-state index in [2.05, 4.69) is 80.5 Å². The first-order chi connectivity index (χ1) is 12.8. The van der Waals surface area contributed by atoms with E-state index < -0.39 is 0 Å². The highest BCUT2D eigenvalue weighted by atomic mass is 16.3. The van der Waals surface area contributed by atoms with Gasteiger partial charge in [-0.05, 0) is 64.0 Å². The molecule has 0 aliphatic carbocycles. The number of hydrogen-bond donors (Lipinski definition) is 2. The molecule has 0 unspecified atom stereocenters. The standard InChI is InChI=1S/C26H38O2/c1-10-17-12-19(23(27)21(13-17)25(4,5)6)15-20-14-18(11-2)16(3)22(24(20)28)26(7,8)9/h12-14,27-28H,10-11,15H2,1-9H3. The lowest BCUT2D eigenvalue weighted by atomic mass is 9.79. The number of aryl methyl sites for hydroxylation is 2. The minimum absolute atomic E-state index is 0.134. The van der Waals surface area contributed by atoms with Crippen molar-refractivity contribution in [3.05, 3.63) is 57.1 Å². The molecule has 0 aromatic heterocycles. The van der Waals surface area contributed by atoms with Gasteiger partial charge in [-0.2, -0.15) is 0 Å². The van der Waals surface area contributed by atoms with Crippen LogP contribution in [0.1, 0.15) is 94.3 Å². The number of aromatic hydroxyl groups is 2. The maximum absolute atomic E-state index is 11.2. The summed E-state index contributed by atoms with van der Waals surface area (Å²) in [7, 11) is 0. The Morgan fingerprint density at radius 1 is 0.714 bits per heavy atom. The van der Waals surface area contributed by atoms with E-state index in [0.717, 1.165) is 35.1 Å². The smallest absolute Gasteiger partial charge is 0.123 e. The lowest BCUT2D eigenvalue weighted by Gasteiger charge is -2.27. The molecule has 0 aliphatic rings. The average molecular weight is 383 g/mol. The van der Waals surface area contributed by atoms with Crippen LogP contribution in [-0.4, -0.2) is 10.2 Å². The summed E-state index contributed by atoms with van der Waals surface area (Å²) in [4.78, 5) is 0. The largest absolute Gasteiger partial charge is 0.507 e. The molecule has 0 saturated carbocycles. The van der Waals surface area contributed by atoms with E-state index in [1.807, 2.05) is 0 Å². The first kappa shape index (κ1) is 22.3. The third kappa shape index (κ3) is 4.37. The number of phenols is 2. The van der Waals surface area contributed by atoms with Crippen molar-refractivity contribution in [3.63, 3.8) is 0 Å². The number of rotatable bonds is 4. The maximum Gasteiger partial charge on any atom is 0.123 e. The third-order valence-electron chi connectivity index (χ3n) is 5.72. The van der Waals surface area contributed by atoms with Crippen LogP contribution in [-0.2, 0) is 30.1 Å². The second-order valence-electron chi connectivity index (χ2n) is 10.1. The highest BCUT2D eigenvalue weighted by Crippen LogP contribution is 2.41. The van der Waals surface area contributed by atoms with Crippen molar-refractivity contribution in [3.8, 4) is 11.5 Å². The van der Waals surface area contributed by atoms with Gasteiger partial charge in [-0.1, -0.05) is 73.6 Å². The van der Waals surface area contributed by atoms with Crippen molar-refractivity contribution < 1.29 is 10.2 Å². The summed E-state index contributed by atoms with van der Waals surface area (Å²) in [6, 6.07) is 6.33. The van der Waals surface area contributed by atoms with Gasteiger partial charge in [-0.25, -0.2) is 0 Å². The van der Waals surface area contributed by atoms with Crippen LogP contribution in [0.5, 0.6) is 11.5 Å². The number of hydrogen-bond acceptors (Lipinski definition) is 2. The Balaban J connectivity index is 2.70. The number of phenolic OH excluding ortho intramolecular Hbond substituents is 2. The first-order valence-electron chi connectivity index (χ1n) is 10.5. The van der Waals surface area contributed by atoms with Gasteiger partial charge in [-0.3, -0.25) is 0 Å². The molecule has 2 nitrogen and oxygen atoms in total. The van der Waals surface area contributed by atoms with Crippen molar-refractivity contribution in [1.29, 1.82) is 0 Å². The van der Waals surface area contributed by atoms with Gasteiger partial charge >= 0.3 is 0 Å². The highest BCUT2D eigenvalue weighted by Gasteiger charge is 2.26. The van der Waals surface area contributed by atoms with Gasteiger partial charge < -0.3 is 10.2 Å². The van der Waals surface area contributed by atoms with Crippen LogP contribution >= 0.6 is 0 Å². The van der Waals surface area contributed by atoms with Gasteiger partial charge in [0.05, 0.1) is 0 Å². The molecule has 154 valence electrons. The van der Waals surface area contributed by atoms with Crippen LogP contribution in [0.3, 0.4) is 0 Å². The summed E-state index contributed by atoms with van der Waals surface area (Å²) >= 11 is 0. The van der Waals surface area contributed by atoms with Crippen molar-refractivity contribution in [2.75, 3.05) is 0 Å². The normalized spacial score (nSPS) is 12.5. The minimum atomic E-state index is -0.141. The summed E-state index contributed by atoms with van der Waals surface area (Å²) < 4.78 is 0. The van der Waals surface area contributed by atoms with E-state index in [1.165, 1.54) is 16.7 Å². The monoisotopic (exact) mass is 382 g/mol. The molecule has 0 atom stereocenters. The third-order valence-corrected chi connectivity index (χ3v) is 5.72. The van der Waals surface area contributed by atoms with Gasteiger partial charge in [0, 0.05) is 12.0 Å². The fourth-order valence-electron chi connectivity index (χ4n) is 4.18. The Kier molecular flexibility index (Phi) is 6.23. The molecule has 0 radical (unpaired) electrons. The highest BCUT2D eigenvalue weighted by molar-refractivity contribution is 5.56. The number of benzene rings is 2. The summed E-state index contributed by atoms with van der Waals surface area (Å²) in [5.74, 6) is 0.737. The lowest BCUT2D eigenvalue weighted by molar-refractivity contribution is 0.434. The molecule has 0 heterocycles. The fourth-order valence-corrected chi connectivity index (χ4v) is 4.18. The topological polar surface area (TPSA) is 40.5 Å². The zero-order chi connectivity index (χ0) is 21.4. The van der Waals surface area contributed by atoms with Crippen LogP contribution < -0.4 is 0 Å². The average Bonchev–Trinajstić information content (AvgIpc) is 2.56. The van der Waals surface area contributed by atoms with Gasteiger partial charge in [0.15, 0.2) is 0 Å². The molecule has 0 saturated heterocycles. The van der Waals surface area contributed by atoms with Gasteiger partial charge in [-0.15, -0.1) is 0 Å². The Labute approximate surface area is 171 Å². The SMILES string of the molecule is CCc1cc(Cc2cc(CC)c(C)c(C(C)(C)C)c2O)c(O)c(C(C)(C)C)c1. The zero-order valence-corrected chi connectivity index (χ0v) is 19.2. The molecule has 2 rings (SSSR count). The lowest BCUT2D eigenvalue weighted by Crippen LogP contribution is -2.16. The minimum Gasteiger partial charge on any atom is -0.507 e.